The summed E-state index contributed by atoms with van der Waals surface area (Å²) in [5, 5.41) is 15.4. The van der Waals surface area contributed by atoms with Gasteiger partial charge >= 0.3 is 0 Å². The van der Waals surface area contributed by atoms with Crippen molar-refractivity contribution in [2.24, 2.45) is 0 Å². The number of aliphatic hydroxyl groups excluding tert-OH is 1. The number of hydrogen-bond acceptors (Lipinski definition) is 4. The number of benzene rings is 1. The Bertz CT molecular complexity index is 717. The maximum absolute atomic E-state index is 12.2. The van der Waals surface area contributed by atoms with Crippen molar-refractivity contribution in [1.82, 2.24) is 15.3 Å². The zero-order valence-electron chi connectivity index (χ0n) is 13.1. The number of aromatic amines is 1. The minimum Gasteiger partial charge on any atom is -0.392 e. The van der Waals surface area contributed by atoms with Gasteiger partial charge < -0.3 is 20.7 Å². The maximum atomic E-state index is 12.2. The molecule has 1 saturated heterocycles. The number of hydrogen-bond donors (Lipinski definition) is 4. The molecule has 24 heavy (non-hydrogen) atoms. The van der Waals surface area contributed by atoms with Crippen molar-refractivity contribution in [3.63, 3.8) is 0 Å². The largest absolute Gasteiger partial charge is 0.392 e. The summed E-state index contributed by atoms with van der Waals surface area (Å²) in [5.41, 5.74) is 2.65. The van der Waals surface area contributed by atoms with Crippen molar-refractivity contribution in [1.29, 1.82) is 0 Å². The third-order valence-electron chi connectivity index (χ3n) is 4.68. The summed E-state index contributed by atoms with van der Waals surface area (Å²) in [6, 6.07) is 5.41. The molecule has 1 saturated carbocycles. The van der Waals surface area contributed by atoms with E-state index in [0.29, 0.717) is 18.9 Å². The van der Waals surface area contributed by atoms with Crippen LogP contribution >= 0.6 is 24.8 Å². The number of anilines is 1. The van der Waals surface area contributed by atoms with Crippen LogP contribution in [0.4, 0.5) is 5.69 Å². The van der Waals surface area contributed by atoms with Crippen LogP contribution in [0.3, 0.4) is 0 Å². The van der Waals surface area contributed by atoms with Gasteiger partial charge in [0.15, 0.2) is 0 Å². The molecule has 0 bridgehead atoms. The number of rotatable bonds is 3. The Kier molecular flexibility index (Phi) is 6.09. The fourth-order valence-electron chi connectivity index (χ4n) is 3.13. The van der Waals surface area contributed by atoms with E-state index < -0.39 is 6.10 Å². The number of imidazole rings is 1. The monoisotopic (exact) mass is 372 g/mol. The van der Waals surface area contributed by atoms with Crippen LogP contribution in [-0.2, 0) is 4.79 Å². The third kappa shape index (κ3) is 3.67. The molecular formula is C16H22Cl2N4O2. The number of nitrogens with one attached hydrogen (secondary N) is 3. The number of β-amino-alcohol motifs (C(OH)–C–C–N with tert-alkyl or cyclic N) is 1. The standard InChI is InChI=1S/C16H20N4O2.2ClH/c21-11-7-14(17-8-11)16(22)18-10-4-5-12-13(6-10)20-15(19-12)9-2-1-3-9;;/h4-6,9,11,14,17,21H,1-3,7-8H2,(H,18,22)(H,19,20);2*1H. The lowest BCUT2D eigenvalue weighted by Crippen LogP contribution is -2.35. The number of amides is 1. The molecule has 2 atom stereocenters. The molecule has 0 spiro atoms. The van der Waals surface area contributed by atoms with Gasteiger partial charge in [-0.3, -0.25) is 4.79 Å². The van der Waals surface area contributed by atoms with Crippen LogP contribution in [0.1, 0.15) is 37.4 Å². The normalized spacial score (nSPS) is 23.2. The molecular weight excluding hydrogens is 351 g/mol. The predicted octanol–water partition coefficient (Wildman–Crippen LogP) is 2.34. The molecule has 6 nitrogen and oxygen atoms in total. The van der Waals surface area contributed by atoms with Crippen LogP contribution in [0, 0.1) is 0 Å². The first-order valence-electron chi connectivity index (χ1n) is 7.91. The molecule has 2 fully saturated rings. The van der Waals surface area contributed by atoms with Crippen LogP contribution in [0.25, 0.3) is 11.0 Å². The van der Waals surface area contributed by atoms with E-state index in [1.165, 1.54) is 19.3 Å². The van der Waals surface area contributed by atoms with Gasteiger partial charge in [-0.1, -0.05) is 6.42 Å². The van der Waals surface area contributed by atoms with Gasteiger partial charge in [-0.05, 0) is 37.5 Å². The Labute approximate surface area is 152 Å². The van der Waals surface area contributed by atoms with Crippen LogP contribution in [-0.4, -0.2) is 39.7 Å². The lowest BCUT2D eigenvalue weighted by atomic mass is 9.85. The quantitative estimate of drug-likeness (QED) is 0.665. The van der Waals surface area contributed by atoms with Crippen LogP contribution < -0.4 is 10.6 Å². The van der Waals surface area contributed by atoms with Gasteiger partial charge in [0.25, 0.3) is 0 Å². The first-order valence-corrected chi connectivity index (χ1v) is 7.91. The van der Waals surface area contributed by atoms with Crippen LogP contribution in [0.2, 0.25) is 0 Å². The summed E-state index contributed by atoms with van der Waals surface area (Å²) in [4.78, 5) is 20.2. The van der Waals surface area contributed by atoms with Crippen molar-refractivity contribution in [3.8, 4) is 0 Å². The number of halogens is 2. The van der Waals surface area contributed by atoms with Crippen molar-refractivity contribution in [3.05, 3.63) is 24.0 Å². The summed E-state index contributed by atoms with van der Waals surface area (Å²) in [6.07, 6.45) is 3.72. The summed E-state index contributed by atoms with van der Waals surface area (Å²) < 4.78 is 0. The molecule has 1 amide bonds. The molecule has 1 aromatic heterocycles. The Hall–Kier alpha value is -1.34. The van der Waals surface area contributed by atoms with E-state index in [2.05, 4.69) is 20.6 Å². The Morgan fingerprint density at radius 3 is 2.71 bits per heavy atom. The molecule has 0 radical (unpaired) electrons. The fraction of sp³-hybridized carbons (Fsp3) is 0.500. The minimum atomic E-state index is -0.434. The van der Waals surface area contributed by atoms with Gasteiger partial charge in [0.05, 0.1) is 23.2 Å². The van der Waals surface area contributed by atoms with E-state index >= 15 is 0 Å². The number of carbonyl (C=O) groups is 1. The smallest absolute Gasteiger partial charge is 0.241 e. The Morgan fingerprint density at radius 2 is 2.08 bits per heavy atom. The number of carbonyl (C=O) groups excluding carboxylic acids is 1. The van der Waals surface area contributed by atoms with Gasteiger partial charge in [0.1, 0.15) is 5.82 Å². The summed E-state index contributed by atoms with van der Waals surface area (Å²) in [7, 11) is 0. The number of H-pyrrole nitrogens is 1. The Morgan fingerprint density at radius 1 is 1.29 bits per heavy atom. The average molecular weight is 373 g/mol. The van der Waals surface area contributed by atoms with E-state index in [0.717, 1.165) is 22.5 Å². The highest BCUT2D eigenvalue weighted by Crippen LogP contribution is 2.35. The van der Waals surface area contributed by atoms with E-state index in [1.807, 2.05) is 18.2 Å². The number of aromatic nitrogens is 2. The van der Waals surface area contributed by atoms with Crippen LogP contribution in [0.15, 0.2) is 18.2 Å². The summed E-state index contributed by atoms with van der Waals surface area (Å²) in [5.74, 6) is 1.52. The van der Waals surface area contributed by atoms with Gasteiger partial charge in [0.2, 0.25) is 5.91 Å². The molecule has 2 aromatic rings. The highest BCUT2D eigenvalue weighted by Gasteiger charge is 2.28. The second-order valence-corrected chi connectivity index (χ2v) is 6.32. The zero-order valence-corrected chi connectivity index (χ0v) is 14.8. The van der Waals surface area contributed by atoms with Crippen molar-refractivity contribution in [2.45, 2.75) is 43.7 Å². The summed E-state index contributed by atoms with van der Waals surface area (Å²) >= 11 is 0. The highest BCUT2D eigenvalue weighted by atomic mass is 35.5. The molecule has 1 aromatic carbocycles. The van der Waals surface area contributed by atoms with E-state index in [9.17, 15) is 9.90 Å². The SMILES string of the molecule is Cl.Cl.O=C(Nc1ccc2nc(C3CCC3)[nH]c2c1)C1CC(O)CN1. The highest BCUT2D eigenvalue weighted by molar-refractivity contribution is 5.96. The van der Waals surface area contributed by atoms with Crippen molar-refractivity contribution >= 4 is 47.4 Å². The van der Waals surface area contributed by atoms with E-state index in [-0.39, 0.29) is 36.8 Å². The summed E-state index contributed by atoms with van der Waals surface area (Å²) in [6.45, 7) is 0.475. The first kappa shape index (κ1) is 19.0. The van der Waals surface area contributed by atoms with Gasteiger partial charge in [-0.2, -0.15) is 0 Å². The number of nitrogens with zero attached hydrogens (tertiary/aromatic N) is 1. The molecule has 2 heterocycles. The average Bonchev–Trinajstić information content (AvgIpc) is 3.02. The van der Waals surface area contributed by atoms with Gasteiger partial charge in [0, 0.05) is 18.2 Å². The minimum absolute atomic E-state index is 0. The second kappa shape index (κ2) is 7.70. The van der Waals surface area contributed by atoms with E-state index in [1.54, 1.807) is 0 Å². The maximum Gasteiger partial charge on any atom is 0.241 e. The molecule has 2 aliphatic rings. The molecule has 2 unspecified atom stereocenters. The molecule has 1 aliphatic carbocycles. The lowest BCUT2D eigenvalue weighted by molar-refractivity contribution is -0.117. The number of aliphatic hydroxyl groups is 1. The first-order chi connectivity index (χ1) is 10.7. The second-order valence-electron chi connectivity index (χ2n) is 6.32. The topological polar surface area (TPSA) is 90.0 Å². The predicted molar refractivity (Wildman–Crippen MR) is 98.2 cm³/mol. The zero-order chi connectivity index (χ0) is 15.1. The van der Waals surface area contributed by atoms with Crippen LogP contribution in [0.5, 0.6) is 0 Å². The van der Waals surface area contributed by atoms with E-state index in [4.69, 9.17) is 0 Å². The molecule has 8 heteroatoms. The number of fused-ring (bicyclic) bond motifs is 1. The van der Waals surface area contributed by atoms with Gasteiger partial charge in [-0.25, -0.2) is 4.98 Å². The molecule has 4 rings (SSSR count). The Balaban J connectivity index is 0.00000104. The lowest BCUT2D eigenvalue weighted by Gasteiger charge is -2.22. The fourth-order valence-corrected chi connectivity index (χ4v) is 3.13. The van der Waals surface area contributed by atoms with Crippen molar-refractivity contribution in [2.75, 3.05) is 11.9 Å². The molecule has 1 aliphatic heterocycles. The third-order valence-corrected chi connectivity index (χ3v) is 4.68. The molecule has 4 N–H and O–H groups in total. The van der Waals surface area contributed by atoms with Crippen molar-refractivity contribution < 1.29 is 9.90 Å². The molecule has 132 valence electrons. The van der Waals surface area contributed by atoms with Gasteiger partial charge in [-0.15, -0.1) is 24.8 Å².